The van der Waals surface area contributed by atoms with Gasteiger partial charge in [0, 0.05) is 36.6 Å². The van der Waals surface area contributed by atoms with E-state index in [-0.39, 0.29) is 5.78 Å². The predicted octanol–water partition coefficient (Wildman–Crippen LogP) is 3.13. The van der Waals surface area contributed by atoms with Crippen LogP contribution in [0.25, 0.3) is 0 Å². The molecule has 0 atom stereocenters. The maximum absolute atomic E-state index is 12.3. The SMILES string of the molecule is O=C(Cc1ccncc1Cl)c1ccc2c(c1)NCC2. The van der Waals surface area contributed by atoms with Crippen molar-refractivity contribution in [3.63, 3.8) is 0 Å². The van der Waals surface area contributed by atoms with Crippen LogP contribution in [0, 0.1) is 0 Å². The van der Waals surface area contributed by atoms with Crippen LogP contribution in [0.4, 0.5) is 5.69 Å². The summed E-state index contributed by atoms with van der Waals surface area (Å²) in [6.45, 7) is 0.948. The topological polar surface area (TPSA) is 42.0 Å². The summed E-state index contributed by atoms with van der Waals surface area (Å²) >= 11 is 6.02. The molecule has 96 valence electrons. The fourth-order valence-electron chi connectivity index (χ4n) is 2.29. The molecule has 0 unspecified atom stereocenters. The van der Waals surface area contributed by atoms with Gasteiger partial charge in [0.05, 0.1) is 5.02 Å². The molecule has 2 aromatic rings. The molecule has 4 heteroatoms. The molecule has 3 rings (SSSR count). The van der Waals surface area contributed by atoms with E-state index in [1.165, 1.54) is 5.56 Å². The number of ketones is 1. The lowest BCUT2D eigenvalue weighted by Crippen LogP contribution is -2.04. The van der Waals surface area contributed by atoms with Crippen LogP contribution >= 0.6 is 11.6 Å². The van der Waals surface area contributed by atoms with E-state index in [1.807, 2.05) is 18.2 Å². The molecule has 1 N–H and O–H groups in total. The van der Waals surface area contributed by atoms with Crippen LogP contribution in [0.5, 0.6) is 0 Å². The van der Waals surface area contributed by atoms with E-state index in [9.17, 15) is 4.79 Å². The van der Waals surface area contributed by atoms with E-state index >= 15 is 0 Å². The molecule has 1 aliphatic rings. The number of rotatable bonds is 3. The predicted molar refractivity (Wildman–Crippen MR) is 75.9 cm³/mol. The Morgan fingerprint density at radius 1 is 1.37 bits per heavy atom. The van der Waals surface area contributed by atoms with Crippen LogP contribution in [-0.2, 0) is 12.8 Å². The number of halogens is 1. The van der Waals surface area contributed by atoms with Gasteiger partial charge in [0.15, 0.2) is 5.78 Å². The molecule has 1 aliphatic heterocycles. The van der Waals surface area contributed by atoms with Crippen molar-refractivity contribution in [1.29, 1.82) is 0 Å². The molecular formula is C15H13ClN2O. The van der Waals surface area contributed by atoms with Crippen LogP contribution in [0.1, 0.15) is 21.5 Å². The number of Topliss-reactive ketones (excluding diaryl/α,β-unsaturated/α-hetero) is 1. The summed E-state index contributed by atoms with van der Waals surface area (Å²) in [4.78, 5) is 16.2. The molecule has 2 heterocycles. The highest BCUT2D eigenvalue weighted by molar-refractivity contribution is 6.31. The van der Waals surface area contributed by atoms with Crippen LogP contribution in [0.2, 0.25) is 5.02 Å². The van der Waals surface area contributed by atoms with Crippen LogP contribution in [0.3, 0.4) is 0 Å². The number of nitrogens with zero attached hydrogens (tertiary/aromatic N) is 1. The van der Waals surface area contributed by atoms with E-state index in [1.54, 1.807) is 18.5 Å². The average Bonchev–Trinajstić information content (AvgIpc) is 2.88. The smallest absolute Gasteiger partial charge is 0.167 e. The zero-order valence-electron chi connectivity index (χ0n) is 10.3. The van der Waals surface area contributed by atoms with Gasteiger partial charge in [-0.2, -0.15) is 0 Å². The first-order valence-corrected chi connectivity index (χ1v) is 6.60. The van der Waals surface area contributed by atoms with Crippen molar-refractivity contribution in [3.05, 3.63) is 58.4 Å². The van der Waals surface area contributed by atoms with Crippen molar-refractivity contribution in [2.24, 2.45) is 0 Å². The molecule has 0 bridgehead atoms. The monoisotopic (exact) mass is 272 g/mol. The Morgan fingerprint density at radius 3 is 3.11 bits per heavy atom. The lowest BCUT2D eigenvalue weighted by atomic mass is 10.0. The van der Waals surface area contributed by atoms with Crippen molar-refractivity contribution >= 4 is 23.1 Å². The fraction of sp³-hybridized carbons (Fsp3) is 0.200. The molecule has 0 fully saturated rings. The Hall–Kier alpha value is -1.87. The minimum absolute atomic E-state index is 0.0737. The van der Waals surface area contributed by atoms with Crippen molar-refractivity contribution in [1.82, 2.24) is 4.98 Å². The number of hydrogen-bond donors (Lipinski definition) is 1. The highest BCUT2D eigenvalue weighted by Gasteiger charge is 2.14. The van der Waals surface area contributed by atoms with Gasteiger partial charge < -0.3 is 5.32 Å². The molecule has 1 aromatic heterocycles. The number of nitrogens with one attached hydrogen (secondary N) is 1. The normalized spacial score (nSPS) is 12.9. The summed E-state index contributed by atoms with van der Waals surface area (Å²) in [6.07, 6.45) is 4.55. The van der Waals surface area contributed by atoms with Crippen molar-refractivity contribution in [2.75, 3.05) is 11.9 Å². The lowest BCUT2D eigenvalue weighted by Gasteiger charge is -2.06. The largest absolute Gasteiger partial charge is 0.384 e. The Kier molecular flexibility index (Phi) is 3.22. The zero-order chi connectivity index (χ0) is 13.2. The van der Waals surface area contributed by atoms with Crippen molar-refractivity contribution in [3.8, 4) is 0 Å². The molecule has 1 aromatic carbocycles. The highest BCUT2D eigenvalue weighted by atomic mass is 35.5. The van der Waals surface area contributed by atoms with Gasteiger partial charge in [0.2, 0.25) is 0 Å². The van der Waals surface area contributed by atoms with Gasteiger partial charge in [-0.25, -0.2) is 0 Å². The number of benzene rings is 1. The van der Waals surface area contributed by atoms with Gasteiger partial charge in [-0.1, -0.05) is 23.7 Å². The third-order valence-corrected chi connectivity index (χ3v) is 3.69. The van der Waals surface area contributed by atoms with E-state index in [0.29, 0.717) is 11.4 Å². The molecule has 0 radical (unpaired) electrons. The third-order valence-electron chi connectivity index (χ3n) is 3.35. The minimum atomic E-state index is 0.0737. The molecule has 19 heavy (non-hydrogen) atoms. The van der Waals surface area contributed by atoms with Gasteiger partial charge in [0.1, 0.15) is 0 Å². The molecule has 0 spiro atoms. The second kappa shape index (κ2) is 5.02. The number of fused-ring (bicyclic) bond motifs is 1. The maximum atomic E-state index is 12.3. The number of aromatic nitrogens is 1. The Morgan fingerprint density at radius 2 is 2.26 bits per heavy atom. The second-order valence-corrected chi connectivity index (χ2v) is 5.02. The number of anilines is 1. The number of pyridine rings is 1. The maximum Gasteiger partial charge on any atom is 0.167 e. The summed E-state index contributed by atoms with van der Waals surface area (Å²) in [5.74, 6) is 0.0737. The number of carbonyl (C=O) groups is 1. The fourth-order valence-corrected chi connectivity index (χ4v) is 2.47. The second-order valence-electron chi connectivity index (χ2n) is 4.62. The Labute approximate surface area is 116 Å². The summed E-state index contributed by atoms with van der Waals surface area (Å²) in [7, 11) is 0. The molecule has 0 saturated heterocycles. The molecule has 0 amide bonds. The Bertz CT molecular complexity index is 640. The lowest BCUT2D eigenvalue weighted by molar-refractivity contribution is 0.0993. The Balaban J connectivity index is 1.83. The molecule has 3 nitrogen and oxygen atoms in total. The molecule has 0 aliphatic carbocycles. The first kappa shape index (κ1) is 12.2. The summed E-state index contributed by atoms with van der Waals surface area (Å²) in [6, 6.07) is 7.63. The first-order chi connectivity index (χ1) is 9.24. The highest BCUT2D eigenvalue weighted by Crippen LogP contribution is 2.24. The summed E-state index contributed by atoms with van der Waals surface area (Å²) in [5.41, 5.74) is 3.89. The number of carbonyl (C=O) groups excluding carboxylic acids is 1. The quantitative estimate of drug-likeness (QED) is 0.873. The average molecular weight is 273 g/mol. The van der Waals surface area contributed by atoms with Gasteiger partial charge in [0.25, 0.3) is 0 Å². The van der Waals surface area contributed by atoms with E-state index in [2.05, 4.69) is 10.3 Å². The van der Waals surface area contributed by atoms with Crippen LogP contribution in [-0.4, -0.2) is 17.3 Å². The van der Waals surface area contributed by atoms with Crippen molar-refractivity contribution < 1.29 is 4.79 Å². The van der Waals surface area contributed by atoms with Gasteiger partial charge in [-0.05, 0) is 29.7 Å². The van der Waals surface area contributed by atoms with Gasteiger partial charge in [-0.3, -0.25) is 9.78 Å². The van der Waals surface area contributed by atoms with Crippen molar-refractivity contribution in [2.45, 2.75) is 12.8 Å². The summed E-state index contributed by atoms with van der Waals surface area (Å²) in [5, 5.41) is 3.82. The first-order valence-electron chi connectivity index (χ1n) is 6.22. The van der Waals surface area contributed by atoms with E-state index in [0.717, 1.165) is 29.8 Å². The standard InChI is InChI=1S/C15H13ClN2O/c16-13-9-17-5-3-11(13)8-15(19)12-2-1-10-4-6-18-14(10)7-12/h1-3,5,7,9,18H,4,6,8H2. The van der Waals surface area contributed by atoms with Gasteiger partial charge in [-0.15, -0.1) is 0 Å². The van der Waals surface area contributed by atoms with Crippen LogP contribution < -0.4 is 5.32 Å². The summed E-state index contributed by atoms with van der Waals surface area (Å²) < 4.78 is 0. The molecule has 0 saturated carbocycles. The van der Waals surface area contributed by atoms with Gasteiger partial charge >= 0.3 is 0 Å². The molecular weight excluding hydrogens is 260 g/mol. The van der Waals surface area contributed by atoms with E-state index < -0.39 is 0 Å². The zero-order valence-corrected chi connectivity index (χ0v) is 11.1. The van der Waals surface area contributed by atoms with Crippen LogP contribution in [0.15, 0.2) is 36.7 Å². The number of hydrogen-bond acceptors (Lipinski definition) is 3. The third kappa shape index (κ3) is 2.47. The minimum Gasteiger partial charge on any atom is -0.384 e. The van der Waals surface area contributed by atoms with E-state index in [4.69, 9.17) is 11.6 Å².